The van der Waals surface area contributed by atoms with Crippen molar-refractivity contribution in [2.45, 2.75) is 30.7 Å². The molecule has 1 amide bonds. The molecule has 138 valence electrons. The van der Waals surface area contributed by atoms with Gasteiger partial charge in [0.15, 0.2) is 0 Å². The topological polar surface area (TPSA) is 81.7 Å². The number of hydrogen-bond acceptors (Lipinski definition) is 5. The average Bonchev–Trinajstić information content (AvgIpc) is 3.24. The highest BCUT2D eigenvalue weighted by Gasteiger charge is 2.67. The summed E-state index contributed by atoms with van der Waals surface area (Å²) in [4.78, 5) is 36.8. The molecule has 2 aliphatic carbocycles. The largest absolute Gasteiger partial charge is 0.462 e. The quantitative estimate of drug-likeness (QED) is 0.583. The number of alkyl halides is 1. The number of carbonyl (C=O) groups excluding carboxylic acids is 3. The molecule has 1 N–H and O–H groups in total. The summed E-state index contributed by atoms with van der Waals surface area (Å²) in [5, 5.41) is 2.88. The van der Waals surface area contributed by atoms with Crippen LogP contribution in [-0.2, 0) is 19.1 Å². The zero-order valence-electron chi connectivity index (χ0n) is 14.3. The van der Waals surface area contributed by atoms with E-state index in [1.54, 1.807) is 24.3 Å². The maximum absolute atomic E-state index is 12.8. The normalized spacial score (nSPS) is 33.8. The maximum atomic E-state index is 12.8. The molecule has 1 aliphatic heterocycles. The predicted octanol–water partition coefficient (Wildman–Crippen LogP) is 2.76. The number of halogens is 1. The van der Waals surface area contributed by atoms with Crippen molar-refractivity contribution in [2.24, 2.45) is 23.7 Å². The summed E-state index contributed by atoms with van der Waals surface area (Å²) >= 11 is 3.61. The third-order valence-electron chi connectivity index (χ3n) is 5.65. The van der Waals surface area contributed by atoms with Gasteiger partial charge in [0.05, 0.1) is 28.8 Å². The Morgan fingerprint density at radius 3 is 2.69 bits per heavy atom. The van der Waals surface area contributed by atoms with Crippen molar-refractivity contribution in [3.8, 4) is 0 Å². The van der Waals surface area contributed by atoms with Crippen LogP contribution in [0.2, 0.25) is 0 Å². The van der Waals surface area contributed by atoms with Crippen LogP contribution >= 0.6 is 15.9 Å². The summed E-state index contributed by atoms with van der Waals surface area (Å²) in [7, 11) is 0. The van der Waals surface area contributed by atoms with Gasteiger partial charge < -0.3 is 14.8 Å². The fraction of sp³-hybridized carbons (Fsp3) is 0.526. The van der Waals surface area contributed by atoms with Crippen molar-refractivity contribution in [2.75, 3.05) is 11.9 Å². The highest BCUT2D eigenvalue weighted by molar-refractivity contribution is 9.09. The van der Waals surface area contributed by atoms with Crippen LogP contribution in [0.3, 0.4) is 0 Å². The molecule has 1 saturated heterocycles. The van der Waals surface area contributed by atoms with Crippen LogP contribution < -0.4 is 5.32 Å². The summed E-state index contributed by atoms with van der Waals surface area (Å²) in [5.74, 6) is -1.23. The van der Waals surface area contributed by atoms with Gasteiger partial charge in [-0.25, -0.2) is 4.79 Å². The molecule has 0 radical (unpaired) electrons. The number of carbonyl (C=O) groups is 3. The van der Waals surface area contributed by atoms with E-state index >= 15 is 0 Å². The Kier molecular flexibility index (Phi) is 4.50. The fourth-order valence-electron chi connectivity index (χ4n) is 4.52. The molecule has 0 aromatic heterocycles. The standard InChI is InChI=1S/C19H20BrNO5/c1-2-7-25-18(23)9-3-5-10(6-4-9)21-17(22)13-11-8-12-14(13)19(24)26-16(12)15(11)20/h3-6,11-16H,2,7-8H2,1H3,(H,21,22)/t11-,12+,13+,14-,15+,16-/m0/s1. The molecule has 0 spiro atoms. The number of ether oxygens (including phenoxy) is 2. The van der Waals surface area contributed by atoms with E-state index in [-0.39, 0.29) is 52.4 Å². The molecule has 1 heterocycles. The van der Waals surface area contributed by atoms with Gasteiger partial charge in [0, 0.05) is 11.6 Å². The van der Waals surface area contributed by atoms with Gasteiger partial charge in [0.1, 0.15) is 6.10 Å². The minimum absolute atomic E-state index is 0.0432. The SMILES string of the molecule is CCCOC(=O)c1ccc(NC(=O)[C@@H]2[C@@H]3C[C@H]4[C@H](OC(=O)[C@@H]42)[C@@H]3Br)cc1. The zero-order chi connectivity index (χ0) is 18.4. The lowest BCUT2D eigenvalue weighted by molar-refractivity contribution is -0.145. The molecule has 3 fully saturated rings. The van der Waals surface area contributed by atoms with Crippen LogP contribution in [0, 0.1) is 23.7 Å². The van der Waals surface area contributed by atoms with Gasteiger partial charge in [-0.15, -0.1) is 0 Å². The third kappa shape index (κ3) is 2.73. The minimum Gasteiger partial charge on any atom is -0.462 e. The Hall–Kier alpha value is -1.89. The molecule has 3 aliphatic rings. The average molecular weight is 422 g/mol. The summed E-state index contributed by atoms with van der Waals surface area (Å²) in [6.45, 7) is 2.31. The third-order valence-corrected chi connectivity index (χ3v) is 6.85. The van der Waals surface area contributed by atoms with E-state index in [9.17, 15) is 14.4 Å². The molecule has 0 unspecified atom stereocenters. The molecule has 7 heteroatoms. The van der Waals surface area contributed by atoms with Gasteiger partial charge in [0.25, 0.3) is 0 Å². The van der Waals surface area contributed by atoms with E-state index in [4.69, 9.17) is 9.47 Å². The van der Waals surface area contributed by atoms with Crippen molar-refractivity contribution in [3.05, 3.63) is 29.8 Å². The monoisotopic (exact) mass is 421 g/mol. The van der Waals surface area contributed by atoms with Crippen LogP contribution in [0.4, 0.5) is 5.69 Å². The summed E-state index contributed by atoms with van der Waals surface area (Å²) < 4.78 is 10.5. The van der Waals surface area contributed by atoms with E-state index < -0.39 is 0 Å². The number of hydrogen-bond donors (Lipinski definition) is 1. The molecule has 6 atom stereocenters. The lowest BCUT2D eigenvalue weighted by atomic mass is 9.79. The number of esters is 2. The second kappa shape index (κ2) is 6.68. The molecule has 2 saturated carbocycles. The highest BCUT2D eigenvalue weighted by Crippen LogP contribution is 2.60. The van der Waals surface area contributed by atoms with Gasteiger partial charge in [-0.2, -0.15) is 0 Å². The Balaban J connectivity index is 1.44. The minimum atomic E-state index is -0.375. The summed E-state index contributed by atoms with van der Waals surface area (Å²) in [6, 6.07) is 6.60. The van der Waals surface area contributed by atoms with E-state index in [2.05, 4.69) is 21.2 Å². The second-order valence-corrected chi connectivity index (χ2v) is 8.22. The van der Waals surface area contributed by atoms with Crippen LogP contribution in [0.5, 0.6) is 0 Å². The Bertz CT molecular complexity index is 749. The lowest BCUT2D eigenvalue weighted by Gasteiger charge is -2.27. The molecule has 1 aromatic carbocycles. The molecule has 1 aromatic rings. The van der Waals surface area contributed by atoms with E-state index in [1.165, 1.54) is 0 Å². The Labute approximate surface area is 159 Å². The van der Waals surface area contributed by atoms with Gasteiger partial charge in [-0.05, 0) is 43.0 Å². The van der Waals surface area contributed by atoms with E-state index in [0.717, 1.165) is 12.8 Å². The first-order chi connectivity index (χ1) is 12.5. The molecule has 4 rings (SSSR count). The second-order valence-electron chi connectivity index (χ2n) is 7.16. The number of rotatable bonds is 5. The van der Waals surface area contributed by atoms with Crippen molar-refractivity contribution < 1.29 is 23.9 Å². The first-order valence-electron chi connectivity index (χ1n) is 8.94. The fourth-order valence-corrected chi connectivity index (χ4v) is 5.57. The van der Waals surface area contributed by atoms with Crippen LogP contribution in [0.1, 0.15) is 30.1 Å². The van der Waals surface area contributed by atoms with Gasteiger partial charge >= 0.3 is 11.9 Å². The Morgan fingerprint density at radius 2 is 2.00 bits per heavy atom. The van der Waals surface area contributed by atoms with Gasteiger partial charge in [-0.1, -0.05) is 22.9 Å². The molecule has 6 nitrogen and oxygen atoms in total. The Morgan fingerprint density at radius 1 is 1.27 bits per heavy atom. The van der Waals surface area contributed by atoms with Crippen molar-refractivity contribution in [1.29, 1.82) is 0 Å². The number of amides is 1. The van der Waals surface area contributed by atoms with E-state index in [0.29, 0.717) is 17.9 Å². The number of anilines is 1. The van der Waals surface area contributed by atoms with Crippen LogP contribution in [0.15, 0.2) is 24.3 Å². The molecular weight excluding hydrogens is 402 g/mol. The summed E-state index contributed by atoms with van der Waals surface area (Å²) in [6.07, 6.45) is 1.52. The lowest BCUT2D eigenvalue weighted by Crippen LogP contribution is -2.40. The maximum Gasteiger partial charge on any atom is 0.338 e. The number of fused-ring (bicyclic) bond motifs is 1. The van der Waals surface area contributed by atoms with Crippen molar-refractivity contribution in [1.82, 2.24) is 0 Å². The number of nitrogens with one attached hydrogen (secondary N) is 1. The number of benzene rings is 1. The molecular formula is C19H20BrNO5. The van der Waals surface area contributed by atoms with Crippen molar-refractivity contribution >= 4 is 39.5 Å². The highest BCUT2D eigenvalue weighted by atomic mass is 79.9. The van der Waals surface area contributed by atoms with Crippen LogP contribution in [0.25, 0.3) is 0 Å². The molecule has 26 heavy (non-hydrogen) atoms. The van der Waals surface area contributed by atoms with Crippen LogP contribution in [-0.4, -0.2) is 35.4 Å². The van der Waals surface area contributed by atoms with Gasteiger partial charge in [-0.3, -0.25) is 9.59 Å². The molecule has 2 bridgehead atoms. The van der Waals surface area contributed by atoms with E-state index in [1.807, 2.05) is 6.92 Å². The van der Waals surface area contributed by atoms with Crippen molar-refractivity contribution in [3.63, 3.8) is 0 Å². The zero-order valence-corrected chi connectivity index (χ0v) is 15.9. The first kappa shape index (κ1) is 17.5. The van der Waals surface area contributed by atoms with Gasteiger partial charge in [0.2, 0.25) is 5.91 Å². The smallest absolute Gasteiger partial charge is 0.338 e. The predicted molar refractivity (Wildman–Crippen MR) is 96.8 cm³/mol. The summed E-state index contributed by atoms with van der Waals surface area (Å²) in [5.41, 5.74) is 1.04. The first-order valence-corrected chi connectivity index (χ1v) is 9.85.